The van der Waals surface area contributed by atoms with Crippen molar-refractivity contribution in [3.63, 3.8) is 0 Å². The first-order valence-corrected chi connectivity index (χ1v) is 11.7. The van der Waals surface area contributed by atoms with Crippen LogP contribution >= 0.6 is 0 Å². The summed E-state index contributed by atoms with van der Waals surface area (Å²) < 4.78 is 1.87. The molecule has 174 valence electrons. The average Bonchev–Trinajstić information content (AvgIpc) is 3.22. The number of anilines is 1. The first kappa shape index (κ1) is 22.9. The number of likely N-dealkylation sites (tertiary alicyclic amines) is 1. The third kappa shape index (κ3) is 4.74. The Bertz CT molecular complexity index is 1170. The van der Waals surface area contributed by atoms with Crippen LogP contribution in [0.15, 0.2) is 30.6 Å². The zero-order valence-corrected chi connectivity index (χ0v) is 20.0. The van der Waals surface area contributed by atoms with Crippen LogP contribution in [0.1, 0.15) is 74.1 Å². The predicted molar refractivity (Wildman–Crippen MR) is 128 cm³/mol. The summed E-state index contributed by atoms with van der Waals surface area (Å²) in [5, 5.41) is 8.18. The number of hydrogen-bond donors (Lipinski definition) is 1. The van der Waals surface area contributed by atoms with Crippen LogP contribution in [0.2, 0.25) is 0 Å². The minimum absolute atomic E-state index is 0.0215. The summed E-state index contributed by atoms with van der Waals surface area (Å²) in [4.78, 5) is 37.1. The second kappa shape index (κ2) is 9.29. The van der Waals surface area contributed by atoms with Gasteiger partial charge < -0.3 is 10.2 Å². The molecule has 1 saturated heterocycles. The van der Waals surface area contributed by atoms with Gasteiger partial charge in [-0.25, -0.2) is 14.6 Å². The number of carbonyl (C=O) groups excluding carboxylic acids is 2. The summed E-state index contributed by atoms with van der Waals surface area (Å²) >= 11 is 0. The van der Waals surface area contributed by atoms with Crippen LogP contribution in [0.25, 0.3) is 11.0 Å². The predicted octanol–water partition coefficient (Wildman–Crippen LogP) is 4.33. The number of carbonyl (C=O) groups is 2. The normalized spacial score (nSPS) is 14.9. The van der Waals surface area contributed by atoms with Crippen LogP contribution < -0.4 is 5.32 Å². The molecule has 0 unspecified atom stereocenters. The number of nitrogens with zero attached hydrogens (tertiary/aromatic N) is 5. The highest BCUT2D eigenvalue weighted by atomic mass is 16.2. The molecule has 8 heteroatoms. The molecule has 1 fully saturated rings. The Morgan fingerprint density at radius 2 is 1.85 bits per heavy atom. The minimum atomic E-state index is -0.135. The Hall–Kier alpha value is -3.29. The van der Waals surface area contributed by atoms with Gasteiger partial charge in [-0.15, -0.1) is 0 Å². The van der Waals surface area contributed by atoms with Gasteiger partial charge in [0.15, 0.2) is 5.65 Å². The molecule has 2 amide bonds. The quantitative estimate of drug-likeness (QED) is 0.627. The Balaban J connectivity index is 1.50. The third-order valence-electron chi connectivity index (χ3n) is 6.22. The van der Waals surface area contributed by atoms with E-state index < -0.39 is 0 Å². The molecule has 0 saturated carbocycles. The minimum Gasteiger partial charge on any atom is -0.339 e. The van der Waals surface area contributed by atoms with Crippen molar-refractivity contribution in [2.75, 3.05) is 18.4 Å². The first-order valence-electron chi connectivity index (χ1n) is 11.7. The standard InChI is InChI=1S/C25H32N6O2/c1-15(2)21-13-19(20-14-27-31(16(3)4)23(20)28-21)25(33)30-10-7-18(8-11-30)24(32)29-22-12-17(5)6-9-26-22/h6,9,12-16,18H,7-8,10-11H2,1-5H3,(H,26,29,32). The Morgan fingerprint density at radius 3 is 2.48 bits per heavy atom. The number of nitrogens with one attached hydrogen (secondary N) is 1. The third-order valence-corrected chi connectivity index (χ3v) is 6.22. The Kier molecular flexibility index (Phi) is 6.44. The SMILES string of the molecule is Cc1ccnc(NC(=O)C2CCN(C(=O)c3cc(C(C)C)nc4c3cnn4C(C)C)CC2)c1. The molecule has 0 aromatic carbocycles. The van der Waals surface area contributed by atoms with E-state index in [-0.39, 0.29) is 29.7 Å². The number of pyridine rings is 2. The van der Waals surface area contributed by atoms with E-state index >= 15 is 0 Å². The molecule has 0 bridgehead atoms. The molecule has 1 aliphatic heterocycles. The number of rotatable bonds is 5. The van der Waals surface area contributed by atoms with Crippen molar-refractivity contribution in [3.05, 3.63) is 47.4 Å². The lowest BCUT2D eigenvalue weighted by atomic mass is 9.95. The van der Waals surface area contributed by atoms with E-state index in [1.165, 1.54) is 0 Å². The zero-order chi connectivity index (χ0) is 23.7. The van der Waals surface area contributed by atoms with E-state index in [2.05, 4.69) is 43.1 Å². The van der Waals surface area contributed by atoms with Gasteiger partial charge in [-0.05, 0) is 63.3 Å². The van der Waals surface area contributed by atoms with Crippen LogP contribution in [0, 0.1) is 12.8 Å². The number of hydrogen-bond acceptors (Lipinski definition) is 5. The summed E-state index contributed by atoms with van der Waals surface area (Å²) in [5.41, 5.74) is 3.32. The lowest BCUT2D eigenvalue weighted by molar-refractivity contribution is -0.121. The van der Waals surface area contributed by atoms with Gasteiger partial charge in [0, 0.05) is 36.9 Å². The largest absolute Gasteiger partial charge is 0.339 e. The van der Waals surface area contributed by atoms with Crippen molar-refractivity contribution in [1.82, 2.24) is 24.6 Å². The van der Waals surface area contributed by atoms with E-state index in [1.807, 2.05) is 34.7 Å². The molecule has 3 aromatic heterocycles. The molecule has 0 radical (unpaired) electrons. The molecule has 0 spiro atoms. The fraction of sp³-hybridized carbons (Fsp3) is 0.480. The molecule has 4 rings (SSSR count). The maximum absolute atomic E-state index is 13.5. The summed E-state index contributed by atoms with van der Waals surface area (Å²) in [6.45, 7) is 11.3. The van der Waals surface area contributed by atoms with Gasteiger partial charge in [0.25, 0.3) is 5.91 Å². The van der Waals surface area contributed by atoms with Crippen LogP contribution in [0.4, 0.5) is 5.82 Å². The van der Waals surface area contributed by atoms with E-state index in [1.54, 1.807) is 12.4 Å². The maximum atomic E-state index is 13.5. The molecule has 33 heavy (non-hydrogen) atoms. The van der Waals surface area contributed by atoms with Crippen molar-refractivity contribution in [2.45, 2.75) is 59.4 Å². The van der Waals surface area contributed by atoms with Gasteiger partial charge in [-0.3, -0.25) is 9.59 Å². The second-order valence-electron chi connectivity index (χ2n) is 9.44. The summed E-state index contributed by atoms with van der Waals surface area (Å²) in [6, 6.07) is 5.81. The van der Waals surface area contributed by atoms with Crippen LogP contribution in [-0.4, -0.2) is 49.6 Å². The molecular weight excluding hydrogens is 416 g/mol. The van der Waals surface area contributed by atoms with Crippen molar-refractivity contribution >= 4 is 28.7 Å². The van der Waals surface area contributed by atoms with Gasteiger partial charge in [0.1, 0.15) is 5.82 Å². The molecule has 4 heterocycles. The van der Waals surface area contributed by atoms with Gasteiger partial charge in [0.2, 0.25) is 5.91 Å². The van der Waals surface area contributed by atoms with Gasteiger partial charge in [-0.1, -0.05) is 13.8 Å². The first-order chi connectivity index (χ1) is 15.7. The molecule has 8 nitrogen and oxygen atoms in total. The number of fused-ring (bicyclic) bond motifs is 1. The van der Waals surface area contributed by atoms with Gasteiger partial charge in [-0.2, -0.15) is 5.10 Å². The van der Waals surface area contributed by atoms with E-state index in [9.17, 15) is 9.59 Å². The fourth-order valence-corrected chi connectivity index (χ4v) is 4.24. The van der Waals surface area contributed by atoms with Crippen molar-refractivity contribution in [3.8, 4) is 0 Å². The van der Waals surface area contributed by atoms with Crippen molar-refractivity contribution in [2.24, 2.45) is 5.92 Å². The topological polar surface area (TPSA) is 93.0 Å². The van der Waals surface area contributed by atoms with Gasteiger partial charge in [0.05, 0.1) is 17.1 Å². The number of amides is 2. The Labute approximate surface area is 194 Å². The van der Waals surface area contributed by atoms with Crippen molar-refractivity contribution < 1.29 is 9.59 Å². The van der Waals surface area contributed by atoms with E-state index in [0.717, 1.165) is 22.3 Å². The highest BCUT2D eigenvalue weighted by molar-refractivity contribution is 6.05. The smallest absolute Gasteiger partial charge is 0.254 e. The Morgan fingerprint density at radius 1 is 1.12 bits per heavy atom. The van der Waals surface area contributed by atoms with Crippen LogP contribution in [-0.2, 0) is 4.79 Å². The summed E-state index contributed by atoms with van der Waals surface area (Å²) in [7, 11) is 0. The van der Waals surface area contributed by atoms with E-state index in [0.29, 0.717) is 37.3 Å². The molecule has 1 N–H and O–H groups in total. The van der Waals surface area contributed by atoms with Crippen LogP contribution in [0.5, 0.6) is 0 Å². The highest BCUT2D eigenvalue weighted by Gasteiger charge is 2.30. The molecule has 1 aliphatic rings. The lowest BCUT2D eigenvalue weighted by Gasteiger charge is -2.31. The molecule has 0 aliphatic carbocycles. The fourth-order valence-electron chi connectivity index (χ4n) is 4.24. The second-order valence-corrected chi connectivity index (χ2v) is 9.44. The summed E-state index contributed by atoms with van der Waals surface area (Å²) in [6.07, 6.45) is 4.68. The highest BCUT2D eigenvalue weighted by Crippen LogP contribution is 2.27. The molecule has 3 aromatic rings. The van der Waals surface area contributed by atoms with Crippen molar-refractivity contribution in [1.29, 1.82) is 0 Å². The summed E-state index contributed by atoms with van der Waals surface area (Å²) in [5.74, 6) is 0.574. The van der Waals surface area contributed by atoms with Crippen LogP contribution in [0.3, 0.4) is 0 Å². The number of aromatic nitrogens is 4. The monoisotopic (exact) mass is 448 g/mol. The lowest BCUT2D eigenvalue weighted by Crippen LogP contribution is -2.41. The average molecular weight is 449 g/mol. The van der Waals surface area contributed by atoms with E-state index in [4.69, 9.17) is 4.98 Å². The van der Waals surface area contributed by atoms with Gasteiger partial charge >= 0.3 is 0 Å². The molecular formula is C25H32N6O2. The molecule has 0 atom stereocenters. The number of aryl methyl sites for hydroxylation is 1. The maximum Gasteiger partial charge on any atom is 0.254 e. The number of piperidine rings is 1. The zero-order valence-electron chi connectivity index (χ0n) is 20.0.